The molecule has 2 nitrogen and oxygen atoms in total. The molecule has 0 aliphatic carbocycles. The summed E-state index contributed by atoms with van der Waals surface area (Å²) >= 11 is 0. The normalized spacial score (nSPS) is 12.0. The molecule has 0 atom stereocenters. The maximum atomic E-state index is 12.7. The molecule has 20 heavy (non-hydrogen) atoms. The Morgan fingerprint density at radius 3 is 2.40 bits per heavy atom. The summed E-state index contributed by atoms with van der Waals surface area (Å²) in [6, 6.07) is 7.67. The van der Waals surface area contributed by atoms with Crippen molar-refractivity contribution in [1.82, 2.24) is 0 Å². The molecule has 0 aliphatic heterocycles. The number of unbranched alkanes of at least 4 members (excludes halogenated alkanes) is 1. The molecule has 0 spiro atoms. The molecule has 1 N–H and O–H groups in total. The Bertz CT molecular complexity index is 473. The molecule has 1 rings (SSSR count). The van der Waals surface area contributed by atoms with Crippen LogP contribution in [0.15, 0.2) is 24.3 Å². The van der Waals surface area contributed by atoms with E-state index in [9.17, 15) is 13.2 Å². The summed E-state index contributed by atoms with van der Waals surface area (Å²) in [5.74, 6) is 0. The summed E-state index contributed by atoms with van der Waals surface area (Å²) in [7, 11) is 0. The first-order chi connectivity index (χ1) is 9.26. The van der Waals surface area contributed by atoms with E-state index >= 15 is 0 Å². The molecule has 0 amide bonds. The molecule has 110 valence electrons. The number of halogens is 3. The average molecular weight is 284 g/mol. The Morgan fingerprint density at radius 1 is 1.15 bits per heavy atom. The minimum Gasteiger partial charge on any atom is -0.385 e. The monoisotopic (exact) mass is 284 g/mol. The van der Waals surface area contributed by atoms with Gasteiger partial charge >= 0.3 is 6.18 Å². The van der Waals surface area contributed by atoms with Gasteiger partial charge in [-0.3, -0.25) is 0 Å². The van der Waals surface area contributed by atoms with Crippen LogP contribution in [-0.2, 0) is 6.18 Å². The van der Waals surface area contributed by atoms with Crippen molar-refractivity contribution in [1.29, 1.82) is 5.26 Å². The van der Waals surface area contributed by atoms with Crippen LogP contribution in [0.3, 0.4) is 0 Å². The molecule has 5 heteroatoms. The van der Waals surface area contributed by atoms with Crippen LogP contribution >= 0.6 is 0 Å². The van der Waals surface area contributed by atoms with Gasteiger partial charge in [-0.1, -0.05) is 18.6 Å². The lowest BCUT2D eigenvalue weighted by atomic mass is 9.89. The minimum atomic E-state index is -4.34. The van der Waals surface area contributed by atoms with E-state index in [1.165, 1.54) is 12.1 Å². The van der Waals surface area contributed by atoms with Crippen LogP contribution in [0, 0.1) is 16.7 Å². The van der Waals surface area contributed by atoms with Crippen LogP contribution in [0.5, 0.6) is 0 Å². The number of alkyl halides is 3. The van der Waals surface area contributed by atoms with E-state index in [1.807, 2.05) is 13.8 Å². The largest absolute Gasteiger partial charge is 0.418 e. The third-order valence-electron chi connectivity index (χ3n) is 3.08. The van der Waals surface area contributed by atoms with Crippen LogP contribution < -0.4 is 5.32 Å². The second-order valence-electron chi connectivity index (χ2n) is 5.42. The highest BCUT2D eigenvalue weighted by Gasteiger charge is 2.32. The number of anilines is 1. The van der Waals surface area contributed by atoms with Crippen molar-refractivity contribution < 1.29 is 13.2 Å². The van der Waals surface area contributed by atoms with Crippen LogP contribution in [0.2, 0.25) is 0 Å². The molecular weight excluding hydrogens is 265 g/mol. The van der Waals surface area contributed by atoms with Crippen molar-refractivity contribution in [2.24, 2.45) is 5.41 Å². The van der Waals surface area contributed by atoms with Crippen molar-refractivity contribution in [3.05, 3.63) is 29.8 Å². The molecule has 0 bridgehead atoms. The second kappa shape index (κ2) is 6.65. The summed E-state index contributed by atoms with van der Waals surface area (Å²) in [6.45, 7) is 4.19. The number of nitriles is 1. The van der Waals surface area contributed by atoms with Gasteiger partial charge in [0.1, 0.15) is 0 Å². The van der Waals surface area contributed by atoms with E-state index in [1.54, 1.807) is 6.07 Å². The number of hydrogen-bond acceptors (Lipinski definition) is 2. The highest BCUT2D eigenvalue weighted by molar-refractivity contribution is 5.52. The Morgan fingerprint density at radius 2 is 1.80 bits per heavy atom. The molecular formula is C15H19F3N2. The van der Waals surface area contributed by atoms with Gasteiger partial charge in [0.2, 0.25) is 0 Å². The Labute approximate surface area is 117 Å². The van der Waals surface area contributed by atoms with Crippen molar-refractivity contribution in [2.75, 3.05) is 11.9 Å². The lowest BCUT2D eigenvalue weighted by molar-refractivity contribution is -0.136. The van der Waals surface area contributed by atoms with Crippen molar-refractivity contribution in [2.45, 2.75) is 39.3 Å². The van der Waals surface area contributed by atoms with E-state index < -0.39 is 11.7 Å². The summed E-state index contributed by atoms with van der Waals surface area (Å²) < 4.78 is 38.2. The van der Waals surface area contributed by atoms with E-state index in [0.717, 1.165) is 25.3 Å². The van der Waals surface area contributed by atoms with Gasteiger partial charge in [-0.2, -0.15) is 18.4 Å². The average Bonchev–Trinajstić information content (AvgIpc) is 2.37. The van der Waals surface area contributed by atoms with Gasteiger partial charge in [-0.05, 0) is 38.8 Å². The summed E-state index contributed by atoms with van der Waals surface area (Å²) in [6.07, 6.45) is -2.06. The summed E-state index contributed by atoms with van der Waals surface area (Å²) in [4.78, 5) is 0. The number of benzene rings is 1. The minimum absolute atomic E-state index is 0.111. The maximum absolute atomic E-state index is 12.7. The highest BCUT2D eigenvalue weighted by Crippen LogP contribution is 2.34. The van der Waals surface area contributed by atoms with Crippen molar-refractivity contribution >= 4 is 5.69 Å². The fourth-order valence-corrected chi connectivity index (χ4v) is 1.86. The smallest absolute Gasteiger partial charge is 0.385 e. The van der Waals surface area contributed by atoms with Gasteiger partial charge in [-0.15, -0.1) is 0 Å². The van der Waals surface area contributed by atoms with Crippen molar-refractivity contribution in [3.8, 4) is 6.07 Å². The van der Waals surface area contributed by atoms with Gasteiger partial charge < -0.3 is 5.32 Å². The maximum Gasteiger partial charge on any atom is 0.418 e. The molecule has 1 aromatic carbocycles. The first kappa shape index (κ1) is 16.4. The molecule has 0 heterocycles. The lowest BCUT2D eigenvalue weighted by Gasteiger charge is -2.16. The Balaban J connectivity index is 2.46. The van der Waals surface area contributed by atoms with E-state index in [-0.39, 0.29) is 11.1 Å². The molecule has 0 saturated heterocycles. The van der Waals surface area contributed by atoms with Gasteiger partial charge in [0.05, 0.1) is 17.0 Å². The number of rotatable bonds is 6. The van der Waals surface area contributed by atoms with E-state index in [0.29, 0.717) is 6.54 Å². The van der Waals surface area contributed by atoms with Crippen LogP contribution in [0.1, 0.15) is 38.7 Å². The first-order valence-electron chi connectivity index (χ1n) is 6.58. The molecule has 0 aromatic heterocycles. The molecule has 0 saturated carbocycles. The third kappa shape index (κ3) is 5.12. The number of nitrogens with zero attached hydrogens (tertiary/aromatic N) is 1. The highest BCUT2D eigenvalue weighted by atomic mass is 19.4. The molecule has 0 radical (unpaired) electrons. The summed E-state index contributed by atoms with van der Waals surface area (Å²) in [5.41, 5.74) is -0.902. The molecule has 0 fully saturated rings. The zero-order valence-electron chi connectivity index (χ0n) is 11.7. The predicted molar refractivity (Wildman–Crippen MR) is 73.2 cm³/mol. The first-order valence-corrected chi connectivity index (χ1v) is 6.58. The molecule has 0 unspecified atom stereocenters. The fraction of sp³-hybridized carbons (Fsp3) is 0.533. The lowest BCUT2D eigenvalue weighted by Crippen LogP contribution is -2.12. The molecule has 1 aromatic rings. The Hall–Kier alpha value is -1.70. The number of hydrogen-bond donors (Lipinski definition) is 1. The van der Waals surface area contributed by atoms with Gasteiger partial charge in [0, 0.05) is 12.2 Å². The number of nitrogens with one attached hydrogen (secondary N) is 1. The van der Waals surface area contributed by atoms with E-state index in [4.69, 9.17) is 5.26 Å². The fourth-order valence-electron chi connectivity index (χ4n) is 1.86. The SMILES string of the molecule is CC(C)(C#N)CCCCNc1ccccc1C(F)(F)F. The number of para-hydroxylation sites is 1. The standard InChI is InChI=1S/C15H19F3N2/c1-14(2,11-19)9-5-6-10-20-13-8-4-3-7-12(13)15(16,17)18/h3-4,7-8,20H,5-6,9-10H2,1-2H3. The Kier molecular flexibility index (Phi) is 5.43. The molecule has 0 aliphatic rings. The summed E-state index contributed by atoms with van der Waals surface area (Å²) in [5, 5.41) is 11.7. The van der Waals surface area contributed by atoms with Gasteiger partial charge in [0.15, 0.2) is 0 Å². The quantitative estimate of drug-likeness (QED) is 0.759. The topological polar surface area (TPSA) is 35.8 Å². The van der Waals surface area contributed by atoms with Crippen LogP contribution in [-0.4, -0.2) is 6.54 Å². The van der Waals surface area contributed by atoms with Gasteiger partial charge in [0.25, 0.3) is 0 Å². The van der Waals surface area contributed by atoms with Gasteiger partial charge in [-0.25, -0.2) is 0 Å². The second-order valence-corrected chi connectivity index (χ2v) is 5.42. The zero-order chi connectivity index (χ0) is 15.2. The van der Waals surface area contributed by atoms with Crippen LogP contribution in [0.25, 0.3) is 0 Å². The zero-order valence-corrected chi connectivity index (χ0v) is 11.7. The third-order valence-corrected chi connectivity index (χ3v) is 3.08. The predicted octanol–water partition coefficient (Wildman–Crippen LogP) is 4.84. The van der Waals surface area contributed by atoms with Crippen LogP contribution in [0.4, 0.5) is 18.9 Å². The van der Waals surface area contributed by atoms with Crippen molar-refractivity contribution in [3.63, 3.8) is 0 Å². The van der Waals surface area contributed by atoms with E-state index in [2.05, 4.69) is 11.4 Å².